The molecule has 18 heavy (non-hydrogen) atoms. The van der Waals surface area contributed by atoms with E-state index in [9.17, 15) is 4.79 Å². The number of carbonyl (C=O) groups excluding carboxylic acids is 1. The Morgan fingerprint density at radius 3 is 2.83 bits per heavy atom. The lowest BCUT2D eigenvalue weighted by Gasteiger charge is -2.09. The number of unbranched alkanes of at least 4 members (excludes halogenated alkanes) is 1. The fourth-order valence-corrected chi connectivity index (χ4v) is 1.86. The summed E-state index contributed by atoms with van der Waals surface area (Å²) in [5.41, 5.74) is 0.574. The Balaban J connectivity index is 2.28. The normalized spacial score (nSPS) is 9.94. The Labute approximate surface area is 106 Å². The molecule has 0 N–H and O–H groups in total. The van der Waals surface area contributed by atoms with E-state index >= 15 is 0 Å². The molecule has 0 spiro atoms. The van der Waals surface area contributed by atoms with Crippen LogP contribution in [0.4, 0.5) is 0 Å². The van der Waals surface area contributed by atoms with E-state index in [0.29, 0.717) is 30.8 Å². The first-order valence-corrected chi connectivity index (χ1v) is 5.83. The summed E-state index contributed by atoms with van der Waals surface area (Å²) in [6, 6.07) is 13.5. The van der Waals surface area contributed by atoms with E-state index < -0.39 is 0 Å². The predicted molar refractivity (Wildman–Crippen MR) is 69.7 cm³/mol. The molecule has 0 bridgehead atoms. The van der Waals surface area contributed by atoms with E-state index in [-0.39, 0.29) is 0 Å². The molecule has 2 aromatic carbocycles. The number of nitriles is 1. The molecule has 0 fully saturated rings. The first kappa shape index (κ1) is 12.1. The number of carbonyl (C=O) groups is 1. The van der Waals surface area contributed by atoms with Gasteiger partial charge in [-0.05, 0) is 23.3 Å². The lowest BCUT2D eigenvalue weighted by Crippen LogP contribution is -2.00. The van der Waals surface area contributed by atoms with Gasteiger partial charge in [-0.2, -0.15) is 5.26 Å². The van der Waals surface area contributed by atoms with Gasteiger partial charge in [-0.1, -0.05) is 30.3 Å². The summed E-state index contributed by atoms with van der Waals surface area (Å²) < 4.78 is 5.56. The Morgan fingerprint density at radius 1 is 1.22 bits per heavy atom. The first-order chi connectivity index (χ1) is 8.86. The van der Waals surface area contributed by atoms with Crippen molar-refractivity contribution in [1.29, 1.82) is 5.26 Å². The zero-order valence-corrected chi connectivity index (χ0v) is 9.93. The Morgan fingerprint density at radius 2 is 2.06 bits per heavy atom. The van der Waals surface area contributed by atoms with Gasteiger partial charge in [0.1, 0.15) is 5.75 Å². The quantitative estimate of drug-likeness (QED) is 0.594. The zero-order chi connectivity index (χ0) is 12.8. The van der Waals surface area contributed by atoms with Gasteiger partial charge in [-0.15, -0.1) is 0 Å². The SMILES string of the molecule is N#CCCCOc1ccc2ccccc2c1C=O. The first-order valence-electron chi connectivity index (χ1n) is 5.83. The molecule has 3 nitrogen and oxygen atoms in total. The molecule has 2 aromatic rings. The highest BCUT2D eigenvalue weighted by atomic mass is 16.5. The van der Waals surface area contributed by atoms with Gasteiger partial charge in [-0.3, -0.25) is 4.79 Å². The molecule has 0 amide bonds. The van der Waals surface area contributed by atoms with Gasteiger partial charge >= 0.3 is 0 Å². The van der Waals surface area contributed by atoms with E-state index in [1.54, 1.807) is 6.07 Å². The fraction of sp³-hybridized carbons (Fsp3) is 0.200. The van der Waals surface area contributed by atoms with Crippen molar-refractivity contribution in [3.05, 3.63) is 42.0 Å². The topological polar surface area (TPSA) is 50.1 Å². The van der Waals surface area contributed by atoms with Crippen LogP contribution in [0.15, 0.2) is 36.4 Å². The van der Waals surface area contributed by atoms with Gasteiger partial charge in [0.05, 0.1) is 18.2 Å². The second kappa shape index (κ2) is 5.83. The van der Waals surface area contributed by atoms with Gasteiger partial charge in [-0.25, -0.2) is 0 Å². The highest BCUT2D eigenvalue weighted by molar-refractivity contribution is 6.00. The van der Waals surface area contributed by atoms with Gasteiger partial charge < -0.3 is 4.74 Å². The molecule has 0 aliphatic rings. The van der Waals surface area contributed by atoms with Crippen molar-refractivity contribution in [3.63, 3.8) is 0 Å². The summed E-state index contributed by atoms with van der Waals surface area (Å²) in [7, 11) is 0. The minimum Gasteiger partial charge on any atom is -0.493 e. The third kappa shape index (κ3) is 2.49. The molecule has 0 heterocycles. The largest absolute Gasteiger partial charge is 0.493 e. The molecule has 90 valence electrons. The van der Waals surface area contributed by atoms with Gasteiger partial charge in [0.25, 0.3) is 0 Å². The summed E-state index contributed by atoms with van der Waals surface area (Å²) in [6.07, 6.45) is 1.95. The smallest absolute Gasteiger partial charge is 0.154 e. The number of rotatable bonds is 5. The minimum atomic E-state index is 0.451. The Hall–Kier alpha value is -2.34. The number of ether oxygens (including phenoxy) is 1. The number of aldehydes is 1. The maximum Gasteiger partial charge on any atom is 0.154 e. The van der Waals surface area contributed by atoms with Crippen LogP contribution < -0.4 is 4.74 Å². The number of hydrogen-bond acceptors (Lipinski definition) is 3. The van der Waals surface area contributed by atoms with Crippen molar-refractivity contribution >= 4 is 17.1 Å². The van der Waals surface area contributed by atoms with Crippen LogP contribution in [0.2, 0.25) is 0 Å². The molecule has 0 aliphatic heterocycles. The Bertz CT molecular complexity index is 599. The molecule has 0 atom stereocenters. The van der Waals surface area contributed by atoms with Crippen LogP contribution in [0.1, 0.15) is 23.2 Å². The molecular weight excluding hydrogens is 226 g/mol. The van der Waals surface area contributed by atoms with Gasteiger partial charge in [0.2, 0.25) is 0 Å². The average Bonchev–Trinajstić information content (AvgIpc) is 2.43. The van der Waals surface area contributed by atoms with Crippen LogP contribution in [-0.4, -0.2) is 12.9 Å². The standard InChI is InChI=1S/C15H13NO2/c16-9-3-4-10-18-15-8-7-12-5-1-2-6-13(12)14(15)11-17/h1-2,5-8,11H,3-4,10H2. The van der Waals surface area contributed by atoms with Gasteiger partial charge in [0.15, 0.2) is 6.29 Å². The van der Waals surface area contributed by atoms with E-state index in [1.807, 2.05) is 30.3 Å². The third-order valence-electron chi connectivity index (χ3n) is 2.74. The van der Waals surface area contributed by atoms with Crippen molar-refractivity contribution in [2.24, 2.45) is 0 Å². The number of hydrogen-bond donors (Lipinski definition) is 0. The fourth-order valence-electron chi connectivity index (χ4n) is 1.86. The molecule has 3 heteroatoms. The summed E-state index contributed by atoms with van der Waals surface area (Å²) in [6.45, 7) is 0.451. The number of fused-ring (bicyclic) bond motifs is 1. The van der Waals surface area contributed by atoms with Crippen LogP contribution in [0, 0.1) is 11.3 Å². The van der Waals surface area contributed by atoms with Crippen LogP contribution in [0.3, 0.4) is 0 Å². The van der Waals surface area contributed by atoms with Crippen molar-refractivity contribution in [2.45, 2.75) is 12.8 Å². The highest BCUT2D eigenvalue weighted by Gasteiger charge is 2.07. The summed E-state index contributed by atoms with van der Waals surface area (Å²) >= 11 is 0. The second-order valence-electron chi connectivity index (χ2n) is 3.93. The lowest BCUT2D eigenvalue weighted by molar-refractivity contribution is 0.112. The molecule has 0 saturated carbocycles. The van der Waals surface area contributed by atoms with Crippen LogP contribution in [0.25, 0.3) is 10.8 Å². The highest BCUT2D eigenvalue weighted by Crippen LogP contribution is 2.26. The third-order valence-corrected chi connectivity index (χ3v) is 2.74. The minimum absolute atomic E-state index is 0.451. The Kier molecular flexibility index (Phi) is 3.93. The van der Waals surface area contributed by atoms with E-state index in [0.717, 1.165) is 17.1 Å². The number of nitrogens with zero attached hydrogens (tertiary/aromatic N) is 1. The van der Waals surface area contributed by atoms with Crippen molar-refractivity contribution < 1.29 is 9.53 Å². The maximum absolute atomic E-state index is 11.2. The zero-order valence-electron chi connectivity index (χ0n) is 9.93. The maximum atomic E-state index is 11.2. The lowest BCUT2D eigenvalue weighted by atomic mass is 10.0. The monoisotopic (exact) mass is 239 g/mol. The van der Waals surface area contributed by atoms with Crippen LogP contribution in [-0.2, 0) is 0 Å². The van der Waals surface area contributed by atoms with Gasteiger partial charge in [0, 0.05) is 6.42 Å². The van der Waals surface area contributed by atoms with E-state index in [1.165, 1.54) is 0 Å². The molecule has 0 saturated heterocycles. The number of benzene rings is 2. The van der Waals surface area contributed by atoms with Crippen LogP contribution in [0.5, 0.6) is 5.75 Å². The molecule has 0 radical (unpaired) electrons. The molecule has 0 aliphatic carbocycles. The van der Waals surface area contributed by atoms with Crippen molar-refractivity contribution in [1.82, 2.24) is 0 Å². The molecule has 2 rings (SSSR count). The van der Waals surface area contributed by atoms with Crippen molar-refractivity contribution in [2.75, 3.05) is 6.61 Å². The second-order valence-corrected chi connectivity index (χ2v) is 3.93. The van der Waals surface area contributed by atoms with Crippen LogP contribution >= 0.6 is 0 Å². The summed E-state index contributed by atoms with van der Waals surface area (Å²) in [5, 5.41) is 10.4. The van der Waals surface area contributed by atoms with Crippen molar-refractivity contribution in [3.8, 4) is 11.8 Å². The molecular formula is C15H13NO2. The average molecular weight is 239 g/mol. The summed E-state index contributed by atoms with van der Waals surface area (Å²) in [4.78, 5) is 11.2. The van der Waals surface area contributed by atoms with E-state index in [4.69, 9.17) is 10.00 Å². The predicted octanol–water partition coefficient (Wildman–Crippen LogP) is 3.33. The summed E-state index contributed by atoms with van der Waals surface area (Å²) in [5.74, 6) is 0.585. The molecule has 0 aromatic heterocycles. The molecule has 0 unspecified atom stereocenters. The van der Waals surface area contributed by atoms with E-state index in [2.05, 4.69) is 6.07 Å².